The first-order chi connectivity index (χ1) is 9.24. The van der Waals surface area contributed by atoms with Gasteiger partial charge in [0.25, 0.3) is 0 Å². The van der Waals surface area contributed by atoms with Gasteiger partial charge in [-0.1, -0.05) is 48.5 Å². The monoisotopic (exact) mass is 266 g/mol. The molecular weight excluding hydrogens is 252 g/mol. The van der Waals surface area contributed by atoms with Crippen LogP contribution < -0.4 is 0 Å². The van der Waals surface area contributed by atoms with Gasteiger partial charge in [-0.05, 0) is 12.0 Å². The summed E-state index contributed by atoms with van der Waals surface area (Å²) < 4.78 is 0. The molecule has 0 aromatic heterocycles. The van der Waals surface area contributed by atoms with Gasteiger partial charge in [0.15, 0.2) is 11.6 Å². The summed E-state index contributed by atoms with van der Waals surface area (Å²) >= 11 is 0. The number of fused-ring (bicyclic) bond motifs is 2. The second-order valence-corrected chi connectivity index (χ2v) is 4.54. The molecule has 100 valence electrons. The predicted molar refractivity (Wildman–Crippen MR) is 77.3 cm³/mol. The molecule has 1 aliphatic carbocycles. The van der Waals surface area contributed by atoms with E-state index in [0.717, 1.165) is 5.56 Å². The minimum Gasteiger partial charge on any atom is -0.412 e. The van der Waals surface area contributed by atoms with Crippen LogP contribution in [0.4, 0.5) is 0 Å². The molecule has 3 nitrogen and oxygen atoms in total. The molecule has 0 bridgehead atoms. The lowest BCUT2D eigenvalue weighted by molar-refractivity contribution is 0.0978. The Morgan fingerprint density at radius 1 is 0.850 bits per heavy atom. The SMILES string of the molecule is C=CCc1cccc2c1C(=O)c1ccccc1C2=O.O. The fourth-order valence-corrected chi connectivity index (χ4v) is 2.54. The summed E-state index contributed by atoms with van der Waals surface area (Å²) in [5, 5.41) is 0. The molecule has 2 aromatic rings. The topological polar surface area (TPSA) is 65.6 Å². The van der Waals surface area contributed by atoms with Crippen molar-refractivity contribution in [2.24, 2.45) is 0 Å². The Labute approximate surface area is 116 Å². The fraction of sp³-hybridized carbons (Fsp3) is 0.0588. The van der Waals surface area contributed by atoms with Gasteiger partial charge in [-0.25, -0.2) is 0 Å². The number of rotatable bonds is 2. The van der Waals surface area contributed by atoms with Crippen molar-refractivity contribution in [2.45, 2.75) is 6.42 Å². The third-order valence-corrected chi connectivity index (χ3v) is 3.40. The molecule has 0 unspecified atom stereocenters. The fourth-order valence-electron chi connectivity index (χ4n) is 2.54. The van der Waals surface area contributed by atoms with E-state index < -0.39 is 0 Å². The van der Waals surface area contributed by atoms with Crippen LogP contribution in [0.1, 0.15) is 37.4 Å². The van der Waals surface area contributed by atoms with Crippen LogP contribution in [0.3, 0.4) is 0 Å². The smallest absolute Gasteiger partial charge is 0.194 e. The first kappa shape index (κ1) is 13.9. The molecule has 0 spiro atoms. The van der Waals surface area contributed by atoms with Crippen LogP contribution in [0, 0.1) is 0 Å². The molecule has 0 atom stereocenters. The summed E-state index contributed by atoms with van der Waals surface area (Å²) in [5.41, 5.74) is 2.89. The highest BCUT2D eigenvalue weighted by Crippen LogP contribution is 2.29. The maximum atomic E-state index is 12.6. The van der Waals surface area contributed by atoms with Gasteiger partial charge < -0.3 is 5.48 Å². The molecular formula is C17H14O3. The van der Waals surface area contributed by atoms with E-state index in [0.29, 0.717) is 28.7 Å². The minimum atomic E-state index is -0.0730. The van der Waals surface area contributed by atoms with Gasteiger partial charge in [0.05, 0.1) is 0 Å². The van der Waals surface area contributed by atoms with E-state index in [4.69, 9.17) is 0 Å². The van der Waals surface area contributed by atoms with Crippen LogP contribution in [0.2, 0.25) is 0 Å². The molecule has 0 amide bonds. The van der Waals surface area contributed by atoms with Crippen molar-refractivity contribution >= 4 is 11.6 Å². The van der Waals surface area contributed by atoms with Gasteiger partial charge in [-0.3, -0.25) is 9.59 Å². The van der Waals surface area contributed by atoms with Crippen molar-refractivity contribution in [1.29, 1.82) is 0 Å². The zero-order valence-corrected chi connectivity index (χ0v) is 10.8. The lowest BCUT2D eigenvalue weighted by Gasteiger charge is -2.19. The summed E-state index contributed by atoms with van der Waals surface area (Å²) in [6.45, 7) is 3.70. The lowest BCUT2D eigenvalue weighted by Crippen LogP contribution is -2.22. The number of allylic oxidation sites excluding steroid dienone is 1. The number of hydrogen-bond acceptors (Lipinski definition) is 2. The van der Waals surface area contributed by atoms with Crippen molar-refractivity contribution in [1.82, 2.24) is 0 Å². The Bertz CT molecular complexity index is 714. The van der Waals surface area contributed by atoms with Gasteiger partial charge in [0, 0.05) is 22.3 Å². The van der Waals surface area contributed by atoms with Crippen LogP contribution in [0.5, 0.6) is 0 Å². The van der Waals surface area contributed by atoms with Crippen molar-refractivity contribution in [3.63, 3.8) is 0 Å². The number of ketones is 2. The average molecular weight is 266 g/mol. The van der Waals surface area contributed by atoms with E-state index >= 15 is 0 Å². The van der Waals surface area contributed by atoms with E-state index in [2.05, 4.69) is 6.58 Å². The van der Waals surface area contributed by atoms with Crippen molar-refractivity contribution in [2.75, 3.05) is 0 Å². The number of hydrogen-bond donors (Lipinski definition) is 0. The standard InChI is InChI=1S/C17H12O2.H2O/c1-2-6-11-7-5-10-14-15(11)17(19)13-9-4-3-8-12(13)16(14)18;/h2-5,7-10H,1,6H2;1H2. The molecule has 0 fully saturated rings. The Morgan fingerprint density at radius 2 is 1.45 bits per heavy atom. The Balaban J connectivity index is 0.00000147. The summed E-state index contributed by atoms with van der Waals surface area (Å²) in [4.78, 5) is 25.0. The molecule has 1 aliphatic rings. The van der Waals surface area contributed by atoms with Gasteiger partial charge in [0.1, 0.15) is 0 Å². The number of carbonyl (C=O) groups excluding carboxylic acids is 2. The van der Waals surface area contributed by atoms with Crippen molar-refractivity contribution in [3.05, 3.63) is 82.9 Å². The van der Waals surface area contributed by atoms with Crippen LogP contribution in [-0.4, -0.2) is 17.0 Å². The maximum absolute atomic E-state index is 12.6. The molecule has 0 saturated heterocycles. The molecule has 2 N–H and O–H groups in total. The third kappa shape index (κ3) is 1.89. The highest BCUT2D eigenvalue weighted by atomic mass is 16.1. The number of benzene rings is 2. The quantitative estimate of drug-likeness (QED) is 0.668. The van der Waals surface area contributed by atoms with Crippen LogP contribution in [-0.2, 0) is 6.42 Å². The maximum Gasteiger partial charge on any atom is 0.194 e. The Kier molecular flexibility index (Phi) is 3.63. The Hall–Kier alpha value is -2.52. The van der Waals surface area contributed by atoms with Gasteiger partial charge in [-0.2, -0.15) is 0 Å². The van der Waals surface area contributed by atoms with Crippen LogP contribution >= 0.6 is 0 Å². The molecule has 0 aliphatic heterocycles. The summed E-state index contributed by atoms with van der Waals surface area (Å²) in [6, 6.07) is 12.4. The first-order valence-electron chi connectivity index (χ1n) is 6.15. The second kappa shape index (κ2) is 5.23. The van der Waals surface area contributed by atoms with Gasteiger partial charge in [-0.15, -0.1) is 6.58 Å². The summed E-state index contributed by atoms with van der Waals surface area (Å²) in [5.74, 6) is -0.140. The summed E-state index contributed by atoms with van der Waals surface area (Å²) in [6.07, 6.45) is 2.33. The molecule has 0 radical (unpaired) electrons. The van der Waals surface area contributed by atoms with E-state index in [1.165, 1.54) is 0 Å². The first-order valence-corrected chi connectivity index (χ1v) is 6.15. The molecule has 3 rings (SSSR count). The zero-order chi connectivity index (χ0) is 13.4. The second-order valence-electron chi connectivity index (χ2n) is 4.54. The minimum absolute atomic E-state index is 0. The highest BCUT2D eigenvalue weighted by molar-refractivity contribution is 6.28. The lowest BCUT2D eigenvalue weighted by atomic mass is 9.81. The van der Waals surface area contributed by atoms with E-state index in [9.17, 15) is 9.59 Å². The van der Waals surface area contributed by atoms with E-state index in [1.54, 1.807) is 36.4 Å². The molecule has 3 heteroatoms. The predicted octanol–water partition coefficient (Wildman–Crippen LogP) is 2.37. The van der Waals surface area contributed by atoms with E-state index in [-0.39, 0.29) is 17.0 Å². The molecule has 20 heavy (non-hydrogen) atoms. The molecule has 0 heterocycles. The van der Waals surface area contributed by atoms with Crippen molar-refractivity contribution < 1.29 is 15.1 Å². The third-order valence-electron chi connectivity index (χ3n) is 3.40. The zero-order valence-electron chi connectivity index (χ0n) is 10.8. The molecule has 0 saturated carbocycles. The summed E-state index contributed by atoms with van der Waals surface area (Å²) in [7, 11) is 0. The van der Waals surface area contributed by atoms with Gasteiger partial charge >= 0.3 is 0 Å². The average Bonchev–Trinajstić information content (AvgIpc) is 2.45. The Morgan fingerprint density at radius 3 is 2.10 bits per heavy atom. The van der Waals surface area contributed by atoms with E-state index in [1.807, 2.05) is 12.1 Å². The van der Waals surface area contributed by atoms with Gasteiger partial charge in [0.2, 0.25) is 0 Å². The largest absolute Gasteiger partial charge is 0.412 e. The molecule has 2 aromatic carbocycles. The number of carbonyl (C=O) groups is 2. The normalized spacial score (nSPS) is 12.2. The van der Waals surface area contributed by atoms with Crippen LogP contribution in [0.25, 0.3) is 0 Å². The van der Waals surface area contributed by atoms with Crippen LogP contribution in [0.15, 0.2) is 55.1 Å². The van der Waals surface area contributed by atoms with Crippen molar-refractivity contribution in [3.8, 4) is 0 Å². The highest BCUT2D eigenvalue weighted by Gasteiger charge is 2.30.